The van der Waals surface area contributed by atoms with Gasteiger partial charge in [-0.2, -0.15) is 9.97 Å². The predicted octanol–water partition coefficient (Wildman–Crippen LogP) is 13.9. The van der Waals surface area contributed by atoms with Crippen molar-refractivity contribution < 1.29 is 4.42 Å². The summed E-state index contributed by atoms with van der Waals surface area (Å²) in [6.07, 6.45) is 0. The fourth-order valence-corrected chi connectivity index (χ4v) is 9.79. The van der Waals surface area contributed by atoms with Crippen molar-refractivity contribution in [1.29, 1.82) is 0 Å². The number of nitrogens with zero attached hydrogens (tertiary/aromatic N) is 4. The van der Waals surface area contributed by atoms with E-state index in [0.717, 1.165) is 71.7 Å². The maximum absolute atomic E-state index is 6.58. The molecule has 0 saturated heterocycles. The first-order valence-electron chi connectivity index (χ1n) is 19.0. The number of thiophene rings is 1. The van der Waals surface area contributed by atoms with Crippen LogP contribution in [0.3, 0.4) is 0 Å². The predicted molar refractivity (Wildman–Crippen MR) is 236 cm³/mol. The average molecular weight is 747 g/mol. The van der Waals surface area contributed by atoms with Crippen molar-refractivity contribution in [1.82, 2.24) is 19.5 Å². The quantitative estimate of drug-likeness (QED) is 0.176. The maximum Gasteiger partial charge on any atom is 0.238 e. The van der Waals surface area contributed by atoms with Crippen molar-refractivity contribution in [2.45, 2.75) is 0 Å². The van der Waals surface area contributed by atoms with Crippen molar-refractivity contribution >= 4 is 75.3 Å². The minimum Gasteiger partial charge on any atom is -0.456 e. The van der Waals surface area contributed by atoms with E-state index in [2.05, 4.69) is 162 Å². The van der Waals surface area contributed by atoms with E-state index in [1.165, 1.54) is 25.6 Å². The molecule has 0 N–H and O–H groups in total. The minimum absolute atomic E-state index is 0.556. The van der Waals surface area contributed by atoms with Gasteiger partial charge in [0, 0.05) is 52.8 Å². The highest BCUT2D eigenvalue weighted by molar-refractivity contribution is 7.26. The van der Waals surface area contributed by atoms with Gasteiger partial charge in [0.05, 0.1) is 11.0 Å². The molecule has 12 rings (SSSR count). The zero-order chi connectivity index (χ0) is 37.5. The van der Waals surface area contributed by atoms with E-state index in [4.69, 9.17) is 19.4 Å². The molecule has 0 unspecified atom stereocenters. The normalized spacial score (nSPS) is 11.9. The fraction of sp³-hybridized carbons (Fsp3) is 0. The van der Waals surface area contributed by atoms with Gasteiger partial charge in [-0.25, -0.2) is 4.98 Å². The van der Waals surface area contributed by atoms with Gasteiger partial charge >= 0.3 is 0 Å². The first-order chi connectivity index (χ1) is 28.3. The summed E-state index contributed by atoms with van der Waals surface area (Å²) in [5, 5.41) is 7.04. The second kappa shape index (κ2) is 12.6. The number of rotatable bonds is 5. The molecule has 0 saturated carbocycles. The zero-order valence-electron chi connectivity index (χ0n) is 30.4. The molecule has 0 amide bonds. The second-order valence-corrected chi connectivity index (χ2v) is 15.4. The Bertz CT molecular complexity index is 3530. The Hall–Kier alpha value is -7.41. The standard InChI is InChI=1S/C51H30N4OS/c1-3-14-31(15-4-1)34-18-7-8-20-38(34)50-52-49(33-26-27-40-44(30-33)56-43-24-13-22-35(46(40)43)32-16-5-2-6-17-32)53-51(54-50)55-41-23-11-9-21-39(41)47-42(55)29-28-37-36-19-10-12-25-45(36)57-48(37)47/h1-30H. The van der Waals surface area contributed by atoms with Gasteiger partial charge in [0.15, 0.2) is 11.6 Å². The molecule has 0 bridgehead atoms. The van der Waals surface area contributed by atoms with Gasteiger partial charge < -0.3 is 4.42 Å². The molecule has 0 aliphatic carbocycles. The van der Waals surface area contributed by atoms with E-state index in [9.17, 15) is 0 Å². The number of hydrogen-bond acceptors (Lipinski definition) is 5. The summed E-state index contributed by atoms with van der Waals surface area (Å²) in [4.78, 5) is 15.9. The largest absolute Gasteiger partial charge is 0.456 e. The SMILES string of the molecule is c1ccc(-c2ccccc2-c2nc(-c3ccc4c(c3)oc3cccc(-c5ccccc5)c34)nc(-n3c4ccccc4c4c5sc6ccccc6c5ccc43)n2)cc1. The van der Waals surface area contributed by atoms with Gasteiger partial charge in [0.25, 0.3) is 0 Å². The molecule has 0 aliphatic heterocycles. The lowest BCUT2D eigenvalue weighted by Gasteiger charge is -2.13. The van der Waals surface area contributed by atoms with Crippen molar-refractivity contribution in [3.05, 3.63) is 182 Å². The third-order valence-corrected chi connectivity index (χ3v) is 12.3. The Labute approximate surface area is 330 Å². The molecule has 4 heterocycles. The van der Waals surface area contributed by atoms with Crippen LogP contribution in [0.5, 0.6) is 0 Å². The Morgan fingerprint density at radius 2 is 1.07 bits per heavy atom. The van der Waals surface area contributed by atoms with Crippen LogP contribution in [0, 0.1) is 0 Å². The Morgan fingerprint density at radius 1 is 0.404 bits per heavy atom. The number of benzene rings is 8. The smallest absolute Gasteiger partial charge is 0.238 e. The maximum atomic E-state index is 6.58. The van der Waals surface area contributed by atoms with Crippen LogP contribution in [-0.4, -0.2) is 19.5 Å². The first-order valence-corrected chi connectivity index (χ1v) is 19.8. The van der Waals surface area contributed by atoms with Crippen LogP contribution < -0.4 is 0 Å². The van der Waals surface area contributed by atoms with Gasteiger partial charge in [-0.05, 0) is 58.7 Å². The molecule has 12 aromatic rings. The molecule has 0 radical (unpaired) electrons. The summed E-state index contributed by atoms with van der Waals surface area (Å²) in [5.74, 6) is 1.72. The third kappa shape index (κ3) is 4.98. The Morgan fingerprint density at radius 3 is 1.91 bits per heavy atom. The topological polar surface area (TPSA) is 56.7 Å². The monoisotopic (exact) mass is 746 g/mol. The molecule has 57 heavy (non-hydrogen) atoms. The van der Waals surface area contributed by atoms with Gasteiger partial charge in [-0.1, -0.05) is 146 Å². The number of para-hydroxylation sites is 1. The van der Waals surface area contributed by atoms with Crippen molar-refractivity contribution in [3.63, 3.8) is 0 Å². The molecular weight excluding hydrogens is 717 g/mol. The molecule has 0 aliphatic rings. The van der Waals surface area contributed by atoms with E-state index in [-0.39, 0.29) is 0 Å². The molecule has 5 nitrogen and oxygen atoms in total. The summed E-state index contributed by atoms with van der Waals surface area (Å²) in [5.41, 5.74) is 9.93. The van der Waals surface area contributed by atoms with Gasteiger partial charge in [-0.3, -0.25) is 4.57 Å². The lowest BCUT2D eigenvalue weighted by atomic mass is 9.99. The van der Waals surface area contributed by atoms with E-state index < -0.39 is 0 Å². The highest BCUT2D eigenvalue weighted by Gasteiger charge is 2.22. The van der Waals surface area contributed by atoms with Crippen LogP contribution >= 0.6 is 11.3 Å². The van der Waals surface area contributed by atoms with Crippen LogP contribution in [0.1, 0.15) is 0 Å². The third-order valence-electron chi connectivity index (χ3n) is 11.1. The van der Waals surface area contributed by atoms with Crippen LogP contribution in [0.15, 0.2) is 186 Å². The van der Waals surface area contributed by atoms with Crippen LogP contribution in [0.2, 0.25) is 0 Å². The summed E-state index contributed by atoms with van der Waals surface area (Å²) >= 11 is 1.84. The van der Waals surface area contributed by atoms with Crippen molar-refractivity contribution in [2.24, 2.45) is 0 Å². The summed E-state index contributed by atoms with van der Waals surface area (Å²) in [6, 6.07) is 63.6. The van der Waals surface area contributed by atoms with Crippen molar-refractivity contribution in [3.8, 4) is 51.0 Å². The fourth-order valence-electron chi connectivity index (χ4n) is 8.54. The first kappa shape index (κ1) is 31.9. The lowest BCUT2D eigenvalue weighted by Crippen LogP contribution is -2.06. The van der Waals surface area contributed by atoms with Crippen LogP contribution in [0.4, 0.5) is 0 Å². The van der Waals surface area contributed by atoms with Crippen molar-refractivity contribution in [2.75, 3.05) is 0 Å². The van der Waals surface area contributed by atoms with Gasteiger partial charge in [0.2, 0.25) is 5.95 Å². The lowest BCUT2D eigenvalue weighted by molar-refractivity contribution is 0.669. The minimum atomic E-state index is 0.556. The number of fused-ring (bicyclic) bond motifs is 10. The molecule has 266 valence electrons. The average Bonchev–Trinajstić information content (AvgIpc) is 3.96. The molecule has 4 aromatic heterocycles. The Kier molecular flexibility index (Phi) is 7.03. The number of hydrogen-bond donors (Lipinski definition) is 0. The Balaban J connectivity index is 1.13. The van der Waals surface area contributed by atoms with Crippen LogP contribution in [0.25, 0.3) is 115 Å². The molecular formula is C51H30N4OS. The van der Waals surface area contributed by atoms with E-state index in [0.29, 0.717) is 17.6 Å². The highest BCUT2D eigenvalue weighted by atomic mass is 32.1. The molecule has 8 aromatic carbocycles. The van der Waals surface area contributed by atoms with Crippen LogP contribution in [-0.2, 0) is 0 Å². The molecule has 6 heteroatoms. The zero-order valence-corrected chi connectivity index (χ0v) is 31.2. The highest BCUT2D eigenvalue weighted by Crippen LogP contribution is 2.44. The molecule has 0 atom stereocenters. The van der Waals surface area contributed by atoms with Gasteiger partial charge in [-0.15, -0.1) is 11.3 Å². The van der Waals surface area contributed by atoms with E-state index in [1.54, 1.807) is 0 Å². The summed E-state index contributed by atoms with van der Waals surface area (Å²) in [6.45, 7) is 0. The number of furan rings is 1. The molecule has 0 fully saturated rings. The van der Waals surface area contributed by atoms with E-state index >= 15 is 0 Å². The number of aromatic nitrogens is 4. The summed E-state index contributed by atoms with van der Waals surface area (Å²) in [7, 11) is 0. The van der Waals surface area contributed by atoms with E-state index in [1.807, 2.05) is 35.6 Å². The van der Waals surface area contributed by atoms with Gasteiger partial charge in [0.1, 0.15) is 11.2 Å². The second-order valence-electron chi connectivity index (χ2n) is 14.3. The summed E-state index contributed by atoms with van der Waals surface area (Å²) < 4.78 is 11.3. The molecule has 0 spiro atoms.